The molecule has 0 saturated carbocycles. The van der Waals surface area contributed by atoms with Gasteiger partial charge in [-0.25, -0.2) is 4.79 Å². The van der Waals surface area contributed by atoms with Crippen LogP contribution in [0.1, 0.15) is 26.3 Å². The third kappa shape index (κ3) is 5.73. The summed E-state index contributed by atoms with van der Waals surface area (Å²) >= 11 is 6.17. The number of urea groups is 1. The summed E-state index contributed by atoms with van der Waals surface area (Å²) in [6.07, 6.45) is 0.0824. The highest BCUT2D eigenvalue weighted by Crippen LogP contribution is 2.22. The monoisotopic (exact) mass is 328 g/mol. The summed E-state index contributed by atoms with van der Waals surface area (Å²) in [6.45, 7) is 6.30. The van der Waals surface area contributed by atoms with Crippen molar-refractivity contribution in [1.82, 2.24) is 10.2 Å². The van der Waals surface area contributed by atoms with Crippen LogP contribution >= 0.6 is 11.6 Å². The van der Waals surface area contributed by atoms with E-state index in [4.69, 9.17) is 16.3 Å². The van der Waals surface area contributed by atoms with Crippen molar-refractivity contribution in [3.63, 3.8) is 0 Å². The van der Waals surface area contributed by atoms with Crippen molar-refractivity contribution in [2.24, 2.45) is 0 Å². The lowest BCUT2D eigenvalue weighted by Gasteiger charge is -2.28. The molecule has 1 aromatic carbocycles. The molecule has 1 atom stereocenters. The van der Waals surface area contributed by atoms with Crippen LogP contribution in [0.2, 0.25) is 5.02 Å². The van der Waals surface area contributed by atoms with E-state index in [9.17, 15) is 9.90 Å². The molecule has 1 unspecified atom stereocenters. The summed E-state index contributed by atoms with van der Waals surface area (Å²) in [5.74, 6) is 0.709. The van der Waals surface area contributed by atoms with Gasteiger partial charge in [0.05, 0.1) is 13.2 Å². The zero-order valence-corrected chi connectivity index (χ0v) is 14.4. The topological polar surface area (TPSA) is 61.8 Å². The normalized spacial score (nSPS) is 12.1. The molecule has 0 spiro atoms. The number of ether oxygens (including phenoxy) is 1. The molecule has 0 aliphatic rings. The van der Waals surface area contributed by atoms with Gasteiger partial charge in [0.1, 0.15) is 5.75 Å². The first-order valence-electron chi connectivity index (χ1n) is 7.40. The van der Waals surface area contributed by atoms with Gasteiger partial charge >= 0.3 is 6.03 Å². The van der Waals surface area contributed by atoms with Gasteiger partial charge in [-0.05, 0) is 44.9 Å². The summed E-state index contributed by atoms with van der Waals surface area (Å²) in [5.41, 5.74) is 0.953. The van der Waals surface area contributed by atoms with Gasteiger partial charge in [0.15, 0.2) is 0 Å². The lowest BCUT2D eigenvalue weighted by molar-refractivity contribution is 0.119. The van der Waals surface area contributed by atoms with Gasteiger partial charge in [-0.2, -0.15) is 0 Å². The number of carbonyl (C=O) groups is 1. The maximum Gasteiger partial charge on any atom is 0.317 e. The van der Waals surface area contributed by atoms with Crippen molar-refractivity contribution in [2.45, 2.75) is 39.3 Å². The molecule has 6 heteroatoms. The smallest absolute Gasteiger partial charge is 0.317 e. The number of carbonyl (C=O) groups excluding carboxylic acids is 1. The Bertz CT molecular complexity index is 492. The molecule has 0 heterocycles. The highest BCUT2D eigenvalue weighted by Gasteiger charge is 2.18. The number of aliphatic hydroxyl groups is 1. The maximum atomic E-state index is 12.1. The maximum absolute atomic E-state index is 12.1. The Morgan fingerprint density at radius 2 is 2.09 bits per heavy atom. The van der Waals surface area contributed by atoms with Gasteiger partial charge in [-0.3, -0.25) is 0 Å². The lowest BCUT2D eigenvalue weighted by atomic mass is 10.1. The van der Waals surface area contributed by atoms with Gasteiger partial charge in [-0.15, -0.1) is 0 Å². The highest BCUT2D eigenvalue weighted by molar-refractivity contribution is 6.31. The number of amides is 2. The zero-order chi connectivity index (χ0) is 16.7. The van der Waals surface area contributed by atoms with E-state index in [1.807, 2.05) is 26.0 Å². The average Bonchev–Trinajstić information content (AvgIpc) is 2.45. The van der Waals surface area contributed by atoms with Crippen LogP contribution in [0, 0.1) is 0 Å². The standard InChI is InChI=1S/C16H25ClN2O3/c1-11(2)19(10-12(3)20)16(21)18-8-7-13-5-6-14(22-4)9-15(13)17/h5-6,9,11-12,20H,7-8,10H2,1-4H3,(H,18,21). The predicted octanol–water partition coefficient (Wildman–Crippen LogP) is 2.69. The molecule has 2 amide bonds. The first kappa shape index (κ1) is 18.6. The largest absolute Gasteiger partial charge is 0.497 e. The molecule has 0 radical (unpaired) electrons. The molecule has 5 nitrogen and oxygen atoms in total. The van der Waals surface area contributed by atoms with Crippen LogP contribution in [-0.2, 0) is 6.42 Å². The second-order valence-electron chi connectivity index (χ2n) is 5.53. The van der Waals surface area contributed by atoms with E-state index in [1.165, 1.54) is 0 Å². The molecule has 0 bridgehead atoms. The molecule has 1 aromatic rings. The molecule has 2 N–H and O–H groups in total. The minimum Gasteiger partial charge on any atom is -0.497 e. The van der Waals surface area contributed by atoms with E-state index in [2.05, 4.69) is 5.32 Å². The second-order valence-corrected chi connectivity index (χ2v) is 5.94. The van der Waals surface area contributed by atoms with Gasteiger partial charge in [0, 0.05) is 24.2 Å². The Kier molecular flexibility index (Phi) is 7.48. The summed E-state index contributed by atoms with van der Waals surface area (Å²) in [4.78, 5) is 13.8. The first-order valence-corrected chi connectivity index (χ1v) is 7.78. The number of aliphatic hydroxyl groups excluding tert-OH is 1. The SMILES string of the molecule is COc1ccc(CCNC(=O)N(CC(C)O)C(C)C)c(Cl)c1. The number of methoxy groups -OCH3 is 1. The second kappa shape index (κ2) is 8.86. The van der Waals surface area contributed by atoms with E-state index < -0.39 is 6.10 Å². The highest BCUT2D eigenvalue weighted by atomic mass is 35.5. The van der Waals surface area contributed by atoms with E-state index in [0.717, 1.165) is 5.56 Å². The van der Waals surface area contributed by atoms with E-state index >= 15 is 0 Å². The predicted molar refractivity (Wildman–Crippen MR) is 88.6 cm³/mol. The van der Waals surface area contributed by atoms with Gasteiger partial charge in [0.25, 0.3) is 0 Å². The number of rotatable bonds is 7. The molecular weight excluding hydrogens is 304 g/mol. The Labute approximate surface area is 137 Å². The van der Waals surface area contributed by atoms with E-state index in [1.54, 1.807) is 25.0 Å². The molecule has 0 aliphatic heterocycles. The quantitative estimate of drug-likeness (QED) is 0.809. The summed E-state index contributed by atoms with van der Waals surface area (Å²) in [6, 6.07) is 5.34. The van der Waals surface area contributed by atoms with Crippen LogP contribution < -0.4 is 10.1 Å². The van der Waals surface area contributed by atoms with Crippen LogP contribution in [0.5, 0.6) is 5.75 Å². The number of halogens is 1. The first-order chi connectivity index (χ1) is 10.3. The van der Waals surface area contributed by atoms with Gasteiger partial charge in [-0.1, -0.05) is 17.7 Å². The van der Waals surface area contributed by atoms with Crippen molar-refractivity contribution < 1.29 is 14.6 Å². The number of nitrogens with one attached hydrogen (secondary N) is 1. The molecule has 1 rings (SSSR count). The fourth-order valence-electron chi connectivity index (χ4n) is 2.08. The van der Waals surface area contributed by atoms with Crippen molar-refractivity contribution in [3.05, 3.63) is 28.8 Å². The fraction of sp³-hybridized carbons (Fsp3) is 0.562. The molecule has 124 valence electrons. The lowest BCUT2D eigenvalue weighted by Crippen LogP contribution is -2.47. The Hall–Kier alpha value is -1.46. The fourth-order valence-corrected chi connectivity index (χ4v) is 2.34. The number of hydrogen-bond acceptors (Lipinski definition) is 3. The summed E-state index contributed by atoms with van der Waals surface area (Å²) in [7, 11) is 1.59. The molecule has 0 saturated heterocycles. The Morgan fingerprint density at radius 3 is 2.59 bits per heavy atom. The molecular formula is C16H25ClN2O3. The Balaban J connectivity index is 2.53. The van der Waals surface area contributed by atoms with Crippen LogP contribution in [0.15, 0.2) is 18.2 Å². The van der Waals surface area contributed by atoms with Crippen molar-refractivity contribution in [1.29, 1.82) is 0 Å². The van der Waals surface area contributed by atoms with Crippen molar-refractivity contribution in [2.75, 3.05) is 20.2 Å². The number of nitrogens with zero attached hydrogens (tertiary/aromatic N) is 1. The van der Waals surface area contributed by atoms with Gasteiger partial charge in [0.2, 0.25) is 0 Å². The number of benzene rings is 1. The summed E-state index contributed by atoms with van der Waals surface area (Å²) < 4.78 is 5.10. The minimum absolute atomic E-state index is 0.0270. The molecule has 0 fully saturated rings. The van der Waals surface area contributed by atoms with E-state index in [0.29, 0.717) is 30.3 Å². The van der Waals surface area contributed by atoms with Crippen LogP contribution in [0.25, 0.3) is 0 Å². The molecule has 0 aliphatic carbocycles. The van der Waals surface area contributed by atoms with Crippen LogP contribution in [0.4, 0.5) is 4.79 Å². The van der Waals surface area contributed by atoms with Crippen LogP contribution in [0.3, 0.4) is 0 Å². The van der Waals surface area contributed by atoms with E-state index in [-0.39, 0.29) is 12.1 Å². The molecule has 0 aromatic heterocycles. The summed E-state index contributed by atoms with van der Waals surface area (Å²) in [5, 5.41) is 12.9. The Morgan fingerprint density at radius 1 is 1.41 bits per heavy atom. The number of hydrogen-bond donors (Lipinski definition) is 2. The molecule has 22 heavy (non-hydrogen) atoms. The third-order valence-electron chi connectivity index (χ3n) is 3.28. The van der Waals surface area contributed by atoms with Crippen LogP contribution in [-0.4, -0.2) is 48.4 Å². The minimum atomic E-state index is -0.552. The average molecular weight is 329 g/mol. The van der Waals surface area contributed by atoms with Crippen molar-refractivity contribution in [3.8, 4) is 5.75 Å². The third-order valence-corrected chi connectivity index (χ3v) is 3.63. The van der Waals surface area contributed by atoms with Gasteiger partial charge < -0.3 is 20.1 Å². The zero-order valence-electron chi connectivity index (χ0n) is 13.6. The van der Waals surface area contributed by atoms with Crippen molar-refractivity contribution >= 4 is 17.6 Å².